The van der Waals surface area contributed by atoms with E-state index >= 15 is 0 Å². The first-order valence-electron chi connectivity index (χ1n) is 6.58. The zero-order valence-corrected chi connectivity index (χ0v) is 13.1. The maximum atomic E-state index is 12.7. The van der Waals surface area contributed by atoms with Crippen molar-refractivity contribution in [2.45, 2.75) is 24.8 Å². The number of benzene rings is 1. The molecule has 5 nitrogen and oxygen atoms in total. The third-order valence-electron chi connectivity index (χ3n) is 3.59. The molecule has 0 bridgehead atoms. The summed E-state index contributed by atoms with van der Waals surface area (Å²) in [6.45, 7) is 3.59. The number of nitrogen functional groups attached to an aromatic ring is 1. The molecule has 0 amide bonds. The number of anilines is 1. The number of pyridine rings is 1. The summed E-state index contributed by atoms with van der Waals surface area (Å²) in [5, 5.41) is 0. The van der Waals surface area contributed by atoms with Crippen molar-refractivity contribution in [3.8, 4) is 0 Å². The van der Waals surface area contributed by atoms with E-state index in [0.717, 1.165) is 5.56 Å². The lowest BCUT2D eigenvalue weighted by Crippen LogP contribution is -2.30. The summed E-state index contributed by atoms with van der Waals surface area (Å²) in [7, 11) is -2.00. The van der Waals surface area contributed by atoms with Crippen LogP contribution in [0.3, 0.4) is 0 Å². The molecular formula is C15H19N3O2S. The van der Waals surface area contributed by atoms with E-state index < -0.39 is 10.0 Å². The first kappa shape index (κ1) is 15.5. The van der Waals surface area contributed by atoms with Crippen LogP contribution in [0.4, 0.5) is 5.69 Å². The molecule has 21 heavy (non-hydrogen) atoms. The van der Waals surface area contributed by atoms with Gasteiger partial charge in [0.25, 0.3) is 0 Å². The molecule has 6 heteroatoms. The van der Waals surface area contributed by atoms with Crippen LogP contribution in [0.15, 0.2) is 47.6 Å². The van der Waals surface area contributed by atoms with E-state index in [2.05, 4.69) is 4.98 Å². The van der Waals surface area contributed by atoms with Crippen LogP contribution in [0.1, 0.15) is 24.1 Å². The minimum Gasteiger partial charge on any atom is -0.399 e. The van der Waals surface area contributed by atoms with Gasteiger partial charge in [0.15, 0.2) is 0 Å². The van der Waals surface area contributed by atoms with Crippen LogP contribution in [0.2, 0.25) is 0 Å². The third kappa shape index (κ3) is 3.06. The predicted molar refractivity (Wildman–Crippen MR) is 83.2 cm³/mol. The predicted octanol–water partition coefficient (Wildman–Crippen LogP) is 2.35. The van der Waals surface area contributed by atoms with Gasteiger partial charge in [0.2, 0.25) is 10.0 Å². The average Bonchev–Trinajstić information content (AvgIpc) is 2.46. The summed E-state index contributed by atoms with van der Waals surface area (Å²) in [6, 6.07) is 8.16. The smallest absolute Gasteiger partial charge is 0.243 e. The Hall–Kier alpha value is -1.92. The van der Waals surface area contributed by atoms with E-state index in [1.54, 1.807) is 44.6 Å². The molecule has 1 atom stereocenters. The highest BCUT2D eigenvalue weighted by atomic mass is 32.2. The molecule has 0 aliphatic heterocycles. The van der Waals surface area contributed by atoms with Crippen molar-refractivity contribution in [1.82, 2.24) is 9.29 Å². The van der Waals surface area contributed by atoms with Crippen molar-refractivity contribution < 1.29 is 8.42 Å². The lowest BCUT2D eigenvalue weighted by Gasteiger charge is -2.25. The zero-order valence-electron chi connectivity index (χ0n) is 12.3. The van der Waals surface area contributed by atoms with Gasteiger partial charge in [-0.25, -0.2) is 8.42 Å². The van der Waals surface area contributed by atoms with Gasteiger partial charge in [0.1, 0.15) is 0 Å². The number of aryl methyl sites for hydroxylation is 1. The monoisotopic (exact) mass is 305 g/mol. The molecular weight excluding hydrogens is 286 g/mol. The van der Waals surface area contributed by atoms with Gasteiger partial charge in [-0.1, -0.05) is 0 Å². The minimum absolute atomic E-state index is 0.278. The fourth-order valence-electron chi connectivity index (χ4n) is 2.18. The van der Waals surface area contributed by atoms with E-state index in [-0.39, 0.29) is 10.9 Å². The second-order valence-corrected chi connectivity index (χ2v) is 6.97. The Kier molecular flexibility index (Phi) is 4.29. The number of hydrogen-bond donors (Lipinski definition) is 1. The molecule has 0 saturated heterocycles. The van der Waals surface area contributed by atoms with E-state index in [4.69, 9.17) is 5.73 Å². The van der Waals surface area contributed by atoms with Crippen LogP contribution in [0.25, 0.3) is 0 Å². The molecule has 2 N–H and O–H groups in total. The van der Waals surface area contributed by atoms with Crippen LogP contribution in [0.5, 0.6) is 0 Å². The lowest BCUT2D eigenvalue weighted by molar-refractivity contribution is 0.398. The number of nitrogens with zero attached hydrogens (tertiary/aromatic N) is 2. The Balaban J connectivity index is 2.39. The van der Waals surface area contributed by atoms with Gasteiger partial charge < -0.3 is 5.73 Å². The van der Waals surface area contributed by atoms with Crippen molar-refractivity contribution in [2.24, 2.45) is 0 Å². The maximum Gasteiger partial charge on any atom is 0.243 e. The SMILES string of the molecule is Cc1cc(N)ccc1S(=O)(=O)N(C)C(C)c1ccncc1. The van der Waals surface area contributed by atoms with Gasteiger partial charge in [-0.3, -0.25) is 4.98 Å². The molecule has 2 rings (SSSR count). The second-order valence-electron chi connectivity index (χ2n) is 5.00. The first-order chi connectivity index (χ1) is 9.84. The average molecular weight is 305 g/mol. The van der Waals surface area contributed by atoms with E-state index in [1.807, 2.05) is 19.1 Å². The van der Waals surface area contributed by atoms with Crippen LogP contribution in [-0.4, -0.2) is 24.8 Å². The molecule has 0 spiro atoms. The van der Waals surface area contributed by atoms with Crippen molar-refractivity contribution in [3.05, 3.63) is 53.9 Å². The molecule has 0 aliphatic carbocycles. The van der Waals surface area contributed by atoms with Gasteiger partial charge in [-0.2, -0.15) is 4.31 Å². The molecule has 1 heterocycles. The van der Waals surface area contributed by atoms with Gasteiger partial charge in [0, 0.05) is 31.2 Å². The summed E-state index contributed by atoms with van der Waals surface area (Å²) >= 11 is 0. The Labute approximate surface area is 125 Å². The Bertz CT molecular complexity index is 730. The van der Waals surface area contributed by atoms with Crippen LogP contribution in [-0.2, 0) is 10.0 Å². The molecule has 0 saturated carbocycles. The van der Waals surface area contributed by atoms with Crippen molar-refractivity contribution in [1.29, 1.82) is 0 Å². The normalized spacial score (nSPS) is 13.3. The molecule has 0 radical (unpaired) electrons. The van der Waals surface area contributed by atoms with Gasteiger partial charge in [-0.15, -0.1) is 0 Å². The standard InChI is InChI=1S/C15H19N3O2S/c1-11-10-14(16)4-5-15(11)21(19,20)18(3)12(2)13-6-8-17-9-7-13/h4-10,12H,16H2,1-3H3. The molecule has 1 aromatic heterocycles. The second kappa shape index (κ2) is 5.83. The van der Waals surface area contributed by atoms with E-state index in [9.17, 15) is 8.42 Å². The summed E-state index contributed by atoms with van der Waals surface area (Å²) in [5.74, 6) is 0. The van der Waals surface area contributed by atoms with Gasteiger partial charge in [-0.05, 0) is 55.3 Å². The minimum atomic E-state index is -3.58. The Morgan fingerprint density at radius 3 is 2.38 bits per heavy atom. The summed E-state index contributed by atoms with van der Waals surface area (Å²) in [5.41, 5.74) is 7.77. The van der Waals surface area contributed by atoms with E-state index in [0.29, 0.717) is 11.3 Å². The van der Waals surface area contributed by atoms with Crippen molar-refractivity contribution in [3.63, 3.8) is 0 Å². The summed E-state index contributed by atoms with van der Waals surface area (Å²) in [6.07, 6.45) is 3.31. The fourth-order valence-corrected chi connectivity index (χ4v) is 3.73. The van der Waals surface area contributed by atoms with Crippen LogP contribution >= 0.6 is 0 Å². The maximum absolute atomic E-state index is 12.7. The summed E-state index contributed by atoms with van der Waals surface area (Å²) in [4.78, 5) is 4.23. The number of hydrogen-bond acceptors (Lipinski definition) is 4. The van der Waals surface area contributed by atoms with Crippen LogP contribution in [0, 0.1) is 6.92 Å². The molecule has 112 valence electrons. The van der Waals surface area contributed by atoms with Crippen LogP contribution < -0.4 is 5.73 Å². The first-order valence-corrected chi connectivity index (χ1v) is 8.02. The van der Waals surface area contributed by atoms with Gasteiger partial charge in [0.05, 0.1) is 4.90 Å². The van der Waals surface area contributed by atoms with E-state index in [1.165, 1.54) is 4.31 Å². The largest absolute Gasteiger partial charge is 0.399 e. The zero-order chi connectivity index (χ0) is 15.6. The lowest BCUT2D eigenvalue weighted by atomic mass is 10.1. The molecule has 1 unspecified atom stereocenters. The number of rotatable bonds is 4. The quantitative estimate of drug-likeness (QED) is 0.880. The molecule has 1 aromatic carbocycles. The third-order valence-corrected chi connectivity index (χ3v) is 5.68. The Morgan fingerprint density at radius 1 is 1.19 bits per heavy atom. The number of aromatic nitrogens is 1. The molecule has 0 aliphatic rings. The fraction of sp³-hybridized carbons (Fsp3) is 0.267. The number of nitrogens with two attached hydrogens (primary N) is 1. The highest BCUT2D eigenvalue weighted by Crippen LogP contribution is 2.27. The highest BCUT2D eigenvalue weighted by Gasteiger charge is 2.27. The van der Waals surface area contributed by atoms with Gasteiger partial charge >= 0.3 is 0 Å². The highest BCUT2D eigenvalue weighted by molar-refractivity contribution is 7.89. The molecule has 0 fully saturated rings. The number of sulfonamides is 1. The summed E-state index contributed by atoms with van der Waals surface area (Å²) < 4.78 is 26.9. The topological polar surface area (TPSA) is 76.3 Å². The van der Waals surface area contributed by atoms with Crippen molar-refractivity contribution >= 4 is 15.7 Å². The Morgan fingerprint density at radius 2 is 1.81 bits per heavy atom. The molecule has 2 aromatic rings. The van der Waals surface area contributed by atoms with Crippen molar-refractivity contribution in [2.75, 3.05) is 12.8 Å².